The normalized spacial score (nSPS) is 18.6. The van der Waals surface area contributed by atoms with Gasteiger partial charge in [0, 0.05) is 29.4 Å². The van der Waals surface area contributed by atoms with Crippen LogP contribution in [-0.2, 0) is 0 Å². The third-order valence-corrected chi connectivity index (χ3v) is 4.86. The smallest absolute Gasteiger partial charge is 0.172 e. The fraction of sp³-hybridized carbons (Fsp3) is 0.533. The fourth-order valence-corrected chi connectivity index (χ4v) is 3.18. The first kappa shape index (κ1) is 15.0. The van der Waals surface area contributed by atoms with Gasteiger partial charge in [-0.05, 0) is 42.9 Å². The molecule has 0 unspecified atom stereocenters. The van der Waals surface area contributed by atoms with Crippen LogP contribution in [0.1, 0.15) is 38.7 Å². The molecule has 20 heavy (non-hydrogen) atoms. The van der Waals surface area contributed by atoms with Gasteiger partial charge in [-0.15, -0.1) is 0 Å². The van der Waals surface area contributed by atoms with E-state index in [1.54, 1.807) is 6.07 Å². The SMILES string of the molecule is CCC1(CC)CCN(c2ccc(Cl)cc2/C(N)=N/O)C1. The molecular formula is C15H22ClN3O. The second kappa shape index (κ2) is 5.92. The summed E-state index contributed by atoms with van der Waals surface area (Å²) in [6.45, 7) is 6.50. The lowest BCUT2D eigenvalue weighted by Gasteiger charge is -2.28. The molecule has 0 bridgehead atoms. The van der Waals surface area contributed by atoms with Gasteiger partial charge in [-0.3, -0.25) is 0 Å². The topological polar surface area (TPSA) is 61.8 Å². The molecule has 0 aliphatic carbocycles. The van der Waals surface area contributed by atoms with E-state index in [0.29, 0.717) is 16.0 Å². The second-order valence-electron chi connectivity index (χ2n) is 5.53. The summed E-state index contributed by atoms with van der Waals surface area (Å²) in [4.78, 5) is 2.32. The highest BCUT2D eigenvalue weighted by molar-refractivity contribution is 6.31. The summed E-state index contributed by atoms with van der Waals surface area (Å²) in [5.41, 5.74) is 7.85. The summed E-state index contributed by atoms with van der Waals surface area (Å²) in [5.74, 6) is 0.105. The van der Waals surface area contributed by atoms with E-state index in [4.69, 9.17) is 22.5 Å². The monoisotopic (exact) mass is 295 g/mol. The number of hydrogen-bond acceptors (Lipinski definition) is 3. The number of anilines is 1. The molecule has 110 valence electrons. The lowest BCUT2D eigenvalue weighted by atomic mass is 9.82. The zero-order chi connectivity index (χ0) is 14.8. The summed E-state index contributed by atoms with van der Waals surface area (Å²) in [6, 6.07) is 5.56. The van der Waals surface area contributed by atoms with Gasteiger partial charge in [0.15, 0.2) is 5.84 Å². The van der Waals surface area contributed by atoms with Gasteiger partial charge in [0.25, 0.3) is 0 Å². The minimum atomic E-state index is 0.105. The van der Waals surface area contributed by atoms with Crippen LogP contribution in [0.3, 0.4) is 0 Å². The average Bonchev–Trinajstić information content (AvgIpc) is 2.91. The summed E-state index contributed by atoms with van der Waals surface area (Å²) >= 11 is 6.02. The molecule has 1 aliphatic heterocycles. The standard InChI is InChI=1S/C15H22ClN3O/c1-3-15(4-2)7-8-19(10-15)13-6-5-11(16)9-12(13)14(17)18-20/h5-6,9,20H,3-4,7-8,10H2,1-2H3,(H2,17,18). The molecule has 1 fully saturated rings. The highest BCUT2D eigenvalue weighted by Crippen LogP contribution is 2.40. The first-order valence-corrected chi connectivity index (χ1v) is 7.45. The Bertz CT molecular complexity index is 512. The first-order chi connectivity index (χ1) is 9.55. The second-order valence-corrected chi connectivity index (χ2v) is 5.96. The van der Waals surface area contributed by atoms with Crippen LogP contribution in [0, 0.1) is 5.41 Å². The first-order valence-electron chi connectivity index (χ1n) is 7.07. The van der Waals surface area contributed by atoms with Crippen molar-refractivity contribution in [2.45, 2.75) is 33.1 Å². The molecule has 0 spiro atoms. The van der Waals surface area contributed by atoms with Crippen molar-refractivity contribution in [3.8, 4) is 0 Å². The van der Waals surface area contributed by atoms with Crippen molar-refractivity contribution >= 4 is 23.1 Å². The summed E-state index contributed by atoms with van der Waals surface area (Å²) in [5, 5.41) is 12.7. The van der Waals surface area contributed by atoms with Crippen molar-refractivity contribution in [2.75, 3.05) is 18.0 Å². The molecule has 1 aliphatic rings. The molecule has 4 nitrogen and oxygen atoms in total. The Kier molecular flexibility index (Phi) is 4.43. The van der Waals surface area contributed by atoms with Crippen molar-refractivity contribution in [1.29, 1.82) is 0 Å². The third kappa shape index (κ3) is 2.70. The average molecular weight is 296 g/mol. The molecule has 2 rings (SSSR count). The Morgan fingerprint density at radius 1 is 1.45 bits per heavy atom. The van der Waals surface area contributed by atoms with E-state index in [2.05, 4.69) is 23.9 Å². The molecule has 0 amide bonds. The highest BCUT2D eigenvalue weighted by Gasteiger charge is 2.35. The third-order valence-electron chi connectivity index (χ3n) is 4.62. The van der Waals surface area contributed by atoms with E-state index < -0.39 is 0 Å². The fourth-order valence-electron chi connectivity index (χ4n) is 3.01. The van der Waals surface area contributed by atoms with Gasteiger partial charge >= 0.3 is 0 Å². The van der Waals surface area contributed by atoms with Crippen LogP contribution in [0.2, 0.25) is 5.02 Å². The minimum Gasteiger partial charge on any atom is -0.409 e. The van der Waals surface area contributed by atoms with Crippen LogP contribution in [0.15, 0.2) is 23.4 Å². The van der Waals surface area contributed by atoms with Crippen LogP contribution in [0.25, 0.3) is 0 Å². The Morgan fingerprint density at radius 3 is 2.70 bits per heavy atom. The van der Waals surface area contributed by atoms with E-state index in [1.807, 2.05) is 12.1 Å². The van der Waals surface area contributed by atoms with Crippen LogP contribution in [0.4, 0.5) is 5.69 Å². The zero-order valence-corrected chi connectivity index (χ0v) is 12.8. The number of amidine groups is 1. The van der Waals surface area contributed by atoms with Crippen molar-refractivity contribution < 1.29 is 5.21 Å². The molecule has 0 aromatic heterocycles. The Hall–Kier alpha value is -1.42. The molecule has 5 heteroatoms. The lowest BCUT2D eigenvalue weighted by molar-refractivity contribution is 0.301. The van der Waals surface area contributed by atoms with E-state index in [0.717, 1.165) is 18.8 Å². The van der Waals surface area contributed by atoms with E-state index in [1.165, 1.54) is 19.3 Å². The van der Waals surface area contributed by atoms with Crippen LogP contribution < -0.4 is 10.6 Å². The largest absolute Gasteiger partial charge is 0.409 e. The van der Waals surface area contributed by atoms with E-state index >= 15 is 0 Å². The summed E-state index contributed by atoms with van der Waals surface area (Å²) in [7, 11) is 0. The number of rotatable bonds is 4. The number of oxime groups is 1. The van der Waals surface area contributed by atoms with Gasteiger partial charge in [0.05, 0.1) is 0 Å². The predicted molar refractivity (Wildman–Crippen MR) is 83.8 cm³/mol. The van der Waals surface area contributed by atoms with Crippen molar-refractivity contribution in [3.05, 3.63) is 28.8 Å². The van der Waals surface area contributed by atoms with E-state index in [-0.39, 0.29) is 5.84 Å². The van der Waals surface area contributed by atoms with Crippen LogP contribution >= 0.6 is 11.6 Å². The lowest BCUT2D eigenvalue weighted by Crippen LogP contribution is -2.28. The predicted octanol–water partition coefficient (Wildman–Crippen LogP) is 3.45. The molecule has 1 heterocycles. The summed E-state index contributed by atoms with van der Waals surface area (Å²) in [6.07, 6.45) is 3.53. The van der Waals surface area contributed by atoms with Gasteiger partial charge in [-0.1, -0.05) is 30.6 Å². The number of benzene rings is 1. The molecule has 0 atom stereocenters. The molecule has 1 saturated heterocycles. The van der Waals surface area contributed by atoms with Crippen LogP contribution in [-0.4, -0.2) is 24.1 Å². The zero-order valence-electron chi connectivity index (χ0n) is 12.1. The Labute approximate surface area is 125 Å². The Balaban J connectivity index is 2.35. The van der Waals surface area contributed by atoms with Crippen molar-refractivity contribution in [2.24, 2.45) is 16.3 Å². The number of nitrogens with two attached hydrogens (primary N) is 1. The maximum absolute atomic E-state index is 8.94. The number of halogens is 1. The molecule has 3 N–H and O–H groups in total. The van der Waals surface area contributed by atoms with Gasteiger partial charge < -0.3 is 15.8 Å². The maximum atomic E-state index is 8.94. The Morgan fingerprint density at radius 2 is 2.15 bits per heavy atom. The quantitative estimate of drug-likeness (QED) is 0.387. The van der Waals surface area contributed by atoms with Gasteiger partial charge in [0.2, 0.25) is 0 Å². The van der Waals surface area contributed by atoms with Gasteiger partial charge in [-0.2, -0.15) is 0 Å². The summed E-state index contributed by atoms with van der Waals surface area (Å²) < 4.78 is 0. The van der Waals surface area contributed by atoms with Gasteiger partial charge in [-0.25, -0.2) is 0 Å². The van der Waals surface area contributed by atoms with Crippen molar-refractivity contribution in [1.82, 2.24) is 0 Å². The highest BCUT2D eigenvalue weighted by atomic mass is 35.5. The molecular weight excluding hydrogens is 274 g/mol. The molecule has 0 radical (unpaired) electrons. The van der Waals surface area contributed by atoms with Crippen molar-refractivity contribution in [3.63, 3.8) is 0 Å². The maximum Gasteiger partial charge on any atom is 0.172 e. The van der Waals surface area contributed by atoms with E-state index in [9.17, 15) is 0 Å². The molecule has 1 aromatic carbocycles. The minimum absolute atomic E-state index is 0.105. The number of hydrogen-bond donors (Lipinski definition) is 2. The molecule has 1 aromatic rings. The van der Waals surface area contributed by atoms with Crippen LogP contribution in [0.5, 0.6) is 0 Å². The van der Waals surface area contributed by atoms with Gasteiger partial charge in [0.1, 0.15) is 0 Å². The molecule has 0 saturated carbocycles. The number of nitrogens with zero attached hydrogens (tertiary/aromatic N) is 2.